The van der Waals surface area contributed by atoms with E-state index in [-0.39, 0.29) is 16.9 Å². The van der Waals surface area contributed by atoms with Gasteiger partial charge < -0.3 is 18.9 Å². The number of thiazole rings is 1. The number of nitrogens with zero attached hydrogens (tertiary/aromatic N) is 2. The first kappa shape index (κ1) is 27.5. The Kier molecular flexibility index (Phi) is 8.10. The van der Waals surface area contributed by atoms with Crippen molar-refractivity contribution in [1.29, 1.82) is 0 Å². The summed E-state index contributed by atoms with van der Waals surface area (Å²) in [7, 11) is 1.27. The molecule has 10 nitrogen and oxygen atoms in total. The summed E-state index contributed by atoms with van der Waals surface area (Å²) in [6.07, 6.45) is 1.68. The summed E-state index contributed by atoms with van der Waals surface area (Å²) < 4.78 is 22.8. The molecule has 2 heterocycles. The zero-order valence-corrected chi connectivity index (χ0v) is 22.8. The van der Waals surface area contributed by atoms with Crippen molar-refractivity contribution in [2.75, 3.05) is 13.7 Å². The molecule has 4 rings (SSSR count). The Bertz CT molecular complexity index is 1660. The van der Waals surface area contributed by atoms with Gasteiger partial charge in [-0.25, -0.2) is 9.79 Å². The number of hydrogen-bond acceptors (Lipinski definition) is 10. The van der Waals surface area contributed by atoms with Gasteiger partial charge in [-0.1, -0.05) is 29.5 Å². The van der Waals surface area contributed by atoms with E-state index in [0.717, 1.165) is 0 Å². The van der Waals surface area contributed by atoms with Gasteiger partial charge in [0.05, 0.1) is 35.6 Å². The fourth-order valence-electron chi connectivity index (χ4n) is 4.17. The number of aromatic nitrogens is 1. The molecule has 2 aromatic carbocycles. The van der Waals surface area contributed by atoms with Gasteiger partial charge in [-0.05, 0) is 55.3 Å². The number of rotatable bonds is 7. The molecule has 1 aromatic heterocycles. The van der Waals surface area contributed by atoms with Crippen LogP contribution >= 0.6 is 11.3 Å². The highest BCUT2D eigenvalue weighted by atomic mass is 32.1. The molecule has 11 heteroatoms. The van der Waals surface area contributed by atoms with Gasteiger partial charge in [0.2, 0.25) is 0 Å². The highest BCUT2D eigenvalue weighted by molar-refractivity contribution is 7.07. The molecule has 0 N–H and O–H groups in total. The van der Waals surface area contributed by atoms with Crippen molar-refractivity contribution in [3.8, 4) is 17.2 Å². The van der Waals surface area contributed by atoms with Crippen LogP contribution in [0.4, 0.5) is 0 Å². The van der Waals surface area contributed by atoms with Crippen LogP contribution in [0.2, 0.25) is 0 Å². The predicted octanol–water partition coefficient (Wildman–Crippen LogP) is 2.66. The third-order valence-corrected chi connectivity index (χ3v) is 6.69. The third-order valence-electron chi connectivity index (χ3n) is 5.70. The minimum absolute atomic E-state index is 0.223. The van der Waals surface area contributed by atoms with Crippen molar-refractivity contribution < 1.29 is 33.3 Å². The molecule has 0 saturated carbocycles. The van der Waals surface area contributed by atoms with Gasteiger partial charge in [-0.3, -0.25) is 19.0 Å². The largest absolute Gasteiger partial charge is 0.490 e. The topological polar surface area (TPSA) is 122 Å². The maximum absolute atomic E-state index is 13.7. The number of benzene rings is 2. The number of carbonyl (C=O) groups excluding carboxylic acids is 3. The minimum atomic E-state index is -0.812. The highest BCUT2D eigenvalue weighted by Crippen LogP contribution is 2.32. The van der Waals surface area contributed by atoms with E-state index >= 15 is 0 Å². The van der Waals surface area contributed by atoms with Crippen molar-refractivity contribution >= 4 is 35.3 Å². The van der Waals surface area contributed by atoms with Gasteiger partial charge in [0.1, 0.15) is 5.75 Å². The van der Waals surface area contributed by atoms with Crippen molar-refractivity contribution in [2.24, 2.45) is 4.99 Å². The van der Waals surface area contributed by atoms with E-state index in [1.165, 1.54) is 36.9 Å². The van der Waals surface area contributed by atoms with Crippen LogP contribution in [0.15, 0.2) is 63.5 Å². The smallest absolute Gasteiger partial charge is 0.338 e. The van der Waals surface area contributed by atoms with Crippen LogP contribution in [0.3, 0.4) is 0 Å². The molecule has 3 aromatic rings. The number of methoxy groups -OCH3 is 1. The van der Waals surface area contributed by atoms with Crippen LogP contribution in [-0.4, -0.2) is 36.2 Å². The van der Waals surface area contributed by atoms with Crippen LogP contribution in [0.1, 0.15) is 44.9 Å². The zero-order valence-electron chi connectivity index (χ0n) is 22.0. The second-order valence-electron chi connectivity index (χ2n) is 8.47. The number of fused-ring (bicyclic) bond motifs is 1. The zero-order chi connectivity index (χ0) is 28.3. The Balaban J connectivity index is 1.86. The van der Waals surface area contributed by atoms with Crippen molar-refractivity contribution in [2.45, 2.75) is 33.7 Å². The number of hydrogen-bond donors (Lipinski definition) is 0. The SMILES string of the molecule is CCOc1cc(/C=c2/sc3n(c2=O)[C@H](c2ccc(OC(C)=O)cc2)C(C(=O)OC)=C(C)N=3)ccc1OC(C)=O. The summed E-state index contributed by atoms with van der Waals surface area (Å²) in [5, 5.41) is 0. The predicted molar refractivity (Wildman–Crippen MR) is 142 cm³/mol. The van der Waals surface area contributed by atoms with E-state index < -0.39 is 23.9 Å². The molecule has 0 amide bonds. The molecule has 1 atom stereocenters. The van der Waals surface area contributed by atoms with Crippen LogP contribution in [0, 0.1) is 0 Å². The number of carbonyl (C=O) groups is 3. The maximum Gasteiger partial charge on any atom is 0.338 e. The summed E-state index contributed by atoms with van der Waals surface area (Å²) in [4.78, 5) is 54.3. The van der Waals surface area contributed by atoms with Gasteiger partial charge in [0.15, 0.2) is 16.3 Å². The van der Waals surface area contributed by atoms with E-state index in [1.807, 2.05) is 6.92 Å². The molecule has 0 radical (unpaired) electrons. The van der Waals surface area contributed by atoms with Crippen molar-refractivity contribution in [3.05, 3.63) is 84.5 Å². The second kappa shape index (κ2) is 11.5. The lowest BCUT2D eigenvalue weighted by molar-refractivity contribution is -0.136. The Morgan fingerprint density at radius 1 is 1.03 bits per heavy atom. The Morgan fingerprint density at radius 2 is 1.72 bits per heavy atom. The van der Waals surface area contributed by atoms with Gasteiger partial charge in [-0.15, -0.1) is 0 Å². The third kappa shape index (κ3) is 5.83. The number of allylic oxidation sites excluding steroid dienone is 1. The molecule has 0 spiro atoms. The van der Waals surface area contributed by atoms with Gasteiger partial charge in [0, 0.05) is 13.8 Å². The molecular weight excluding hydrogens is 524 g/mol. The molecule has 0 saturated heterocycles. The minimum Gasteiger partial charge on any atom is -0.490 e. The fraction of sp³-hybridized carbons (Fsp3) is 0.250. The maximum atomic E-state index is 13.7. The monoisotopic (exact) mass is 550 g/mol. The van der Waals surface area contributed by atoms with Crippen LogP contribution < -0.4 is 29.1 Å². The van der Waals surface area contributed by atoms with Gasteiger partial charge in [-0.2, -0.15) is 0 Å². The molecule has 1 aliphatic heterocycles. The first-order valence-corrected chi connectivity index (χ1v) is 12.8. The lowest BCUT2D eigenvalue weighted by Crippen LogP contribution is -2.39. The quantitative estimate of drug-likeness (QED) is 0.325. The summed E-state index contributed by atoms with van der Waals surface area (Å²) in [6.45, 7) is 6.45. The van der Waals surface area contributed by atoms with Crippen LogP contribution in [0.5, 0.6) is 17.2 Å². The number of esters is 3. The van der Waals surface area contributed by atoms with E-state index in [4.69, 9.17) is 18.9 Å². The standard InChI is InChI=1S/C28H26N2O8S/c1-6-36-22-13-18(7-12-21(22)38-17(4)32)14-23-26(33)30-25(19-8-10-20(11-9-19)37-16(3)31)24(27(34)35-5)15(2)29-28(30)39-23/h7-14,25H,6H2,1-5H3/b23-14+/t25-/m1/s1. The molecule has 0 aliphatic carbocycles. The lowest BCUT2D eigenvalue weighted by atomic mass is 9.96. The molecular formula is C28H26N2O8S. The van der Waals surface area contributed by atoms with E-state index in [9.17, 15) is 19.2 Å². The molecule has 39 heavy (non-hydrogen) atoms. The highest BCUT2D eigenvalue weighted by Gasteiger charge is 2.33. The van der Waals surface area contributed by atoms with E-state index in [2.05, 4.69) is 4.99 Å². The second-order valence-corrected chi connectivity index (χ2v) is 9.48. The van der Waals surface area contributed by atoms with E-state index in [0.29, 0.717) is 44.3 Å². The van der Waals surface area contributed by atoms with Crippen molar-refractivity contribution in [3.63, 3.8) is 0 Å². The summed E-state index contributed by atoms with van der Waals surface area (Å²) in [5.74, 6) is -0.574. The molecule has 1 aliphatic rings. The van der Waals surface area contributed by atoms with Crippen LogP contribution in [-0.2, 0) is 19.1 Å². The van der Waals surface area contributed by atoms with Crippen LogP contribution in [0.25, 0.3) is 6.08 Å². The Morgan fingerprint density at radius 3 is 2.33 bits per heavy atom. The average molecular weight is 551 g/mol. The van der Waals surface area contributed by atoms with Gasteiger partial charge >= 0.3 is 17.9 Å². The molecule has 0 unspecified atom stereocenters. The first-order chi connectivity index (χ1) is 18.6. The van der Waals surface area contributed by atoms with Gasteiger partial charge in [0.25, 0.3) is 5.56 Å². The Labute approximate surface area is 227 Å². The first-order valence-electron chi connectivity index (χ1n) is 12.0. The van der Waals surface area contributed by atoms with Crippen molar-refractivity contribution in [1.82, 2.24) is 4.57 Å². The average Bonchev–Trinajstić information content (AvgIpc) is 3.18. The fourth-order valence-corrected chi connectivity index (χ4v) is 5.21. The number of ether oxygens (including phenoxy) is 4. The van der Waals surface area contributed by atoms with E-state index in [1.54, 1.807) is 55.5 Å². The summed E-state index contributed by atoms with van der Waals surface area (Å²) in [5.41, 5.74) is 1.54. The molecule has 202 valence electrons. The Hall–Kier alpha value is -4.51. The molecule has 0 fully saturated rings. The summed E-state index contributed by atoms with van der Waals surface area (Å²) >= 11 is 1.17. The lowest BCUT2D eigenvalue weighted by Gasteiger charge is -2.24. The normalized spacial score (nSPS) is 14.8. The molecule has 0 bridgehead atoms. The summed E-state index contributed by atoms with van der Waals surface area (Å²) in [6, 6.07) is 10.7.